The molecule has 152 valence electrons. The van der Waals surface area contributed by atoms with E-state index in [1.807, 2.05) is 6.07 Å². The second kappa shape index (κ2) is 8.02. The summed E-state index contributed by atoms with van der Waals surface area (Å²) in [5.74, 6) is 2.49. The maximum absolute atomic E-state index is 6.29. The lowest BCUT2D eigenvalue weighted by atomic mass is 9.76. The van der Waals surface area contributed by atoms with Gasteiger partial charge in [0.2, 0.25) is 0 Å². The van der Waals surface area contributed by atoms with Gasteiger partial charge < -0.3 is 10.1 Å². The van der Waals surface area contributed by atoms with E-state index in [9.17, 15) is 0 Å². The van der Waals surface area contributed by atoms with Crippen molar-refractivity contribution in [3.8, 4) is 5.75 Å². The van der Waals surface area contributed by atoms with Crippen molar-refractivity contribution >= 4 is 5.69 Å². The number of hydrogen-bond donors (Lipinski definition) is 1. The SMILES string of the molecule is CC(C)c1ccc(C2Nc3c(OCc4ccccc4)cccc3C3C=CCC32)cc1. The van der Waals surface area contributed by atoms with E-state index in [-0.39, 0.29) is 0 Å². The van der Waals surface area contributed by atoms with Crippen LogP contribution < -0.4 is 10.1 Å². The standard InChI is InChI=1S/C28H29NO/c1-19(2)21-14-16-22(17-15-21)27-24-11-6-10-23(24)25-12-7-13-26(28(25)29-27)30-18-20-8-4-3-5-9-20/h3-10,12-17,19,23-24,27,29H,11,18H2,1-2H3. The number of para-hydroxylation sites is 1. The van der Waals surface area contributed by atoms with Crippen LogP contribution in [0.1, 0.15) is 60.4 Å². The minimum absolute atomic E-state index is 0.292. The number of rotatable bonds is 5. The Kier molecular flexibility index (Phi) is 5.08. The van der Waals surface area contributed by atoms with Crippen LogP contribution in [0, 0.1) is 5.92 Å². The fourth-order valence-electron chi connectivity index (χ4n) is 4.87. The molecule has 5 rings (SSSR count). The van der Waals surface area contributed by atoms with E-state index in [0.29, 0.717) is 30.4 Å². The fraction of sp³-hybridized carbons (Fsp3) is 0.286. The van der Waals surface area contributed by atoms with Crippen LogP contribution in [-0.4, -0.2) is 0 Å². The second-order valence-corrected chi connectivity index (χ2v) is 8.79. The van der Waals surface area contributed by atoms with E-state index in [4.69, 9.17) is 4.74 Å². The molecule has 0 aromatic heterocycles. The van der Waals surface area contributed by atoms with Gasteiger partial charge in [-0.1, -0.05) is 92.7 Å². The molecule has 0 fully saturated rings. The normalized spacial score (nSPS) is 21.8. The van der Waals surface area contributed by atoms with Gasteiger partial charge >= 0.3 is 0 Å². The topological polar surface area (TPSA) is 21.3 Å². The highest BCUT2D eigenvalue weighted by atomic mass is 16.5. The lowest BCUT2D eigenvalue weighted by Gasteiger charge is -2.38. The van der Waals surface area contributed by atoms with Crippen LogP contribution in [0.3, 0.4) is 0 Å². The van der Waals surface area contributed by atoms with Crippen LogP contribution in [0.25, 0.3) is 0 Å². The molecular formula is C28H29NO. The highest BCUT2D eigenvalue weighted by Gasteiger charge is 2.38. The summed E-state index contributed by atoms with van der Waals surface area (Å²) in [4.78, 5) is 0. The summed E-state index contributed by atoms with van der Waals surface area (Å²) in [6, 6.07) is 26.3. The largest absolute Gasteiger partial charge is 0.487 e. The Hall–Kier alpha value is -3.00. The molecule has 1 heterocycles. The Morgan fingerprint density at radius 1 is 0.933 bits per heavy atom. The summed E-state index contributed by atoms with van der Waals surface area (Å²) < 4.78 is 6.29. The number of hydrogen-bond acceptors (Lipinski definition) is 2. The van der Waals surface area contributed by atoms with E-state index in [1.165, 1.54) is 22.3 Å². The molecule has 0 spiro atoms. The monoisotopic (exact) mass is 395 g/mol. The molecule has 3 aromatic rings. The number of fused-ring (bicyclic) bond motifs is 3. The Labute approximate surface area is 179 Å². The van der Waals surface area contributed by atoms with Crippen LogP contribution in [0.15, 0.2) is 84.9 Å². The van der Waals surface area contributed by atoms with Crippen LogP contribution >= 0.6 is 0 Å². The smallest absolute Gasteiger partial charge is 0.143 e. The van der Waals surface area contributed by atoms with E-state index in [1.54, 1.807) is 0 Å². The predicted molar refractivity (Wildman–Crippen MR) is 124 cm³/mol. The van der Waals surface area contributed by atoms with E-state index in [0.717, 1.165) is 17.9 Å². The quantitative estimate of drug-likeness (QED) is 0.461. The molecule has 2 nitrogen and oxygen atoms in total. The first-order valence-corrected chi connectivity index (χ1v) is 11.0. The number of anilines is 1. The highest BCUT2D eigenvalue weighted by Crippen LogP contribution is 2.52. The summed E-state index contributed by atoms with van der Waals surface area (Å²) in [5.41, 5.74) is 6.45. The average Bonchev–Trinajstić information content (AvgIpc) is 3.28. The third-order valence-corrected chi connectivity index (χ3v) is 6.56. The highest BCUT2D eigenvalue weighted by molar-refractivity contribution is 5.67. The molecule has 3 unspecified atom stereocenters. The van der Waals surface area contributed by atoms with E-state index >= 15 is 0 Å². The van der Waals surface area contributed by atoms with Gasteiger partial charge in [0.1, 0.15) is 12.4 Å². The maximum Gasteiger partial charge on any atom is 0.143 e. The summed E-state index contributed by atoms with van der Waals surface area (Å²) in [6.45, 7) is 5.07. The molecule has 2 heteroatoms. The molecule has 1 N–H and O–H groups in total. The van der Waals surface area contributed by atoms with Gasteiger partial charge in [-0.3, -0.25) is 0 Å². The molecular weight excluding hydrogens is 366 g/mol. The first-order valence-electron chi connectivity index (χ1n) is 11.0. The van der Waals surface area contributed by atoms with Gasteiger partial charge in [-0.25, -0.2) is 0 Å². The Morgan fingerprint density at radius 3 is 2.50 bits per heavy atom. The van der Waals surface area contributed by atoms with Gasteiger partial charge in [-0.05, 0) is 46.6 Å². The van der Waals surface area contributed by atoms with Crippen LogP contribution in [0.2, 0.25) is 0 Å². The predicted octanol–water partition coefficient (Wildman–Crippen LogP) is 7.22. The number of benzene rings is 3. The van der Waals surface area contributed by atoms with Crippen molar-refractivity contribution in [3.05, 3.63) is 107 Å². The van der Waals surface area contributed by atoms with Gasteiger partial charge in [0, 0.05) is 5.92 Å². The van der Waals surface area contributed by atoms with Crippen LogP contribution in [0.4, 0.5) is 5.69 Å². The van der Waals surface area contributed by atoms with Crippen molar-refractivity contribution < 1.29 is 4.74 Å². The van der Waals surface area contributed by atoms with Crippen molar-refractivity contribution in [2.45, 2.75) is 44.8 Å². The molecule has 0 saturated heterocycles. The van der Waals surface area contributed by atoms with Gasteiger partial charge in [0.25, 0.3) is 0 Å². The van der Waals surface area contributed by atoms with Gasteiger partial charge in [0.15, 0.2) is 0 Å². The molecule has 1 aliphatic carbocycles. The summed E-state index contributed by atoms with van der Waals surface area (Å²) >= 11 is 0. The number of ether oxygens (including phenoxy) is 1. The molecule has 0 bridgehead atoms. The van der Waals surface area contributed by atoms with Crippen LogP contribution in [0.5, 0.6) is 5.75 Å². The Balaban J connectivity index is 1.46. The van der Waals surface area contributed by atoms with Crippen molar-refractivity contribution in [1.29, 1.82) is 0 Å². The van der Waals surface area contributed by atoms with Gasteiger partial charge in [-0.15, -0.1) is 0 Å². The first-order chi connectivity index (χ1) is 14.7. The van der Waals surface area contributed by atoms with Crippen molar-refractivity contribution in [2.75, 3.05) is 5.32 Å². The maximum atomic E-state index is 6.29. The third-order valence-electron chi connectivity index (χ3n) is 6.56. The molecule has 1 aliphatic heterocycles. The van der Waals surface area contributed by atoms with E-state index < -0.39 is 0 Å². The minimum atomic E-state index is 0.292. The zero-order valence-electron chi connectivity index (χ0n) is 17.7. The lowest BCUT2D eigenvalue weighted by molar-refractivity contribution is 0.304. The average molecular weight is 396 g/mol. The van der Waals surface area contributed by atoms with Crippen molar-refractivity contribution in [2.24, 2.45) is 5.92 Å². The summed E-state index contributed by atoms with van der Waals surface area (Å²) in [6.07, 6.45) is 5.85. The minimum Gasteiger partial charge on any atom is -0.487 e. The molecule has 30 heavy (non-hydrogen) atoms. The zero-order chi connectivity index (χ0) is 20.5. The molecule has 0 saturated carbocycles. The third kappa shape index (κ3) is 3.52. The van der Waals surface area contributed by atoms with Crippen molar-refractivity contribution in [3.63, 3.8) is 0 Å². The summed E-state index contributed by atoms with van der Waals surface area (Å²) in [5, 5.41) is 3.87. The Bertz CT molecular complexity index is 1040. The second-order valence-electron chi connectivity index (χ2n) is 8.79. The number of allylic oxidation sites excluding steroid dienone is 2. The molecule has 3 atom stereocenters. The number of nitrogens with one attached hydrogen (secondary N) is 1. The Morgan fingerprint density at radius 2 is 1.73 bits per heavy atom. The summed E-state index contributed by atoms with van der Waals surface area (Å²) in [7, 11) is 0. The van der Waals surface area contributed by atoms with E-state index in [2.05, 4.69) is 98.0 Å². The van der Waals surface area contributed by atoms with Crippen molar-refractivity contribution in [1.82, 2.24) is 0 Å². The molecule has 0 amide bonds. The van der Waals surface area contributed by atoms with Crippen LogP contribution in [-0.2, 0) is 6.61 Å². The zero-order valence-corrected chi connectivity index (χ0v) is 17.7. The van der Waals surface area contributed by atoms with Gasteiger partial charge in [0.05, 0.1) is 11.7 Å². The first kappa shape index (κ1) is 19.0. The molecule has 2 aliphatic rings. The van der Waals surface area contributed by atoms with Gasteiger partial charge in [-0.2, -0.15) is 0 Å². The lowest BCUT2D eigenvalue weighted by Crippen LogP contribution is -2.29. The fourth-order valence-corrected chi connectivity index (χ4v) is 4.87. The molecule has 3 aromatic carbocycles. The molecule has 0 radical (unpaired) electrons.